The quantitative estimate of drug-likeness (QED) is 0.0223. The van der Waals surface area contributed by atoms with Crippen LogP contribution in [0, 0.1) is 17.8 Å². The van der Waals surface area contributed by atoms with E-state index >= 15 is 0 Å². The maximum atomic E-state index is 14.3. The number of alkyl halides is 1. The number of halogens is 1. The maximum absolute atomic E-state index is 14.3. The van der Waals surface area contributed by atoms with Crippen molar-refractivity contribution in [2.24, 2.45) is 22.9 Å². The minimum Gasteiger partial charge on any atom is -0.493 e. The summed E-state index contributed by atoms with van der Waals surface area (Å²) >= 11 is 7.79. The summed E-state index contributed by atoms with van der Waals surface area (Å²) in [6.45, 7) is 5.14. The van der Waals surface area contributed by atoms with Crippen LogP contribution in [-0.2, 0) is 25.7 Å². The fraction of sp³-hybridized carbons (Fsp3) is 0.510. The Bertz CT molecular complexity index is 1920. The largest absolute Gasteiger partial charge is 0.493 e. The topological polar surface area (TPSA) is 149 Å². The molecule has 6 rings (SSSR count). The van der Waals surface area contributed by atoms with Crippen LogP contribution in [0.5, 0.6) is 11.5 Å². The number of nitrogens with zero attached hydrogens (tertiary/aromatic N) is 2. The summed E-state index contributed by atoms with van der Waals surface area (Å²) in [6.07, 6.45) is 8.10. The van der Waals surface area contributed by atoms with Crippen molar-refractivity contribution in [1.29, 1.82) is 0 Å². The zero-order valence-electron chi connectivity index (χ0n) is 36.1. The molecule has 63 heavy (non-hydrogen) atoms. The number of unbranched alkanes of at least 4 members (excludes halogenated alkanes) is 2. The smallest absolute Gasteiger partial charge is 0.410 e. The second-order valence-corrected chi connectivity index (χ2v) is 17.4. The van der Waals surface area contributed by atoms with Gasteiger partial charge in [-0.05, 0) is 79.0 Å². The third-order valence-corrected chi connectivity index (χ3v) is 13.0. The van der Waals surface area contributed by atoms with Crippen LogP contribution < -0.4 is 9.47 Å². The molecule has 3 N–H and O–H groups in total. The lowest BCUT2D eigenvalue weighted by Gasteiger charge is -2.59. The number of allylic oxidation sites excluding steroid dienone is 1. The van der Waals surface area contributed by atoms with Crippen LogP contribution in [0.3, 0.4) is 0 Å². The molecule has 1 heterocycles. The van der Waals surface area contributed by atoms with Crippen molar-refractivity contribution in [3.8, 4) is 11.5 Å². The van der Waals surface area contributed by atoms with Crippen molar-refractivity contribution >= 4 is 35.2 Å². The van der Waals surface area contributed by atoms with Crippen LogP contribution in [0.15, 0.2) is 113 Å². The number of hydrogen-bond donors (Lipinski definition) is 3. The minimum atomic E-state index is -1.48. The molecule has 0 radical (unpaired) electrons. The number of aliphatic hydroxyl groups excluding tert-OH is 3. The lowest BCUT2D eigenvalue weighted by atomic mass is 9.55. The number of carbonyl (C=O) groups is 1. The number of hydrogen-bond acceptors (Lipinski definition) is 12. The lowest BCUT2D eigenvalue weighted by molar-refractivity contribution is -0.256. The molecule has 0 spiro atoms. The molecule has 3 aliphatic rings. The van der Waals surface area contributed by atoms with Gasteiger partial charge in [-0.25, -0.2) is 4.79 Å². The van der Waals surface area contributed by atoms with Gasteiger partial charge in [-0.15, -0.1) is 29.9 Å². The van der Waals surface area contributed by atoms with Crippen molar-refractivity contribution in [3.05, 3.63) is 114 Å². The van der Waals surface area contributed by atoms with Crippen molar-refractivity contribution in [2.75, 3.05) is 71.0 Å². The zero-order valence-corrected chi connectivity index (χ0v) is 37.6. The van der Waals surface area contributed by atoms with E-state index in [0.29, 0.717) is 36.7 Å². The summed E-state index contributed by atoms with van der Waals surface area (Å²) in [5, 5.41) is 34.3. The molecule has 1 saturated carbocycles. The van der Waals surface area contributed by atoms with Crippen molar-refractivity contribution in [3.63, 3.8) is 0 Å². The summed E-state index contributed by atoms with van der Waals surface area (Å²) in [6, 6.07) is 25.2. The summed E-state index contributed by atoms with van der Waals surface area (Å²) in [5.41, 5.74) is 3.50. The molecule has 1 amide bonds. The summed E-state index contributed by atoms with van der Waals surface area (Å²) in [5.74, 6) is 0.0751. The van der Waals surface area contributed by atoms with Crippen LogP contribution >= 0.6 is 23.4 Å². The average molecular weight is 908 g/mol. The van der Waals surface area contributed by atoms with E-state index in [1.807, 2.05) is 60.7 Å². The van der Waals surface area contributed by atoms with Gasteiger partial charge >= 0.3 is 6.09 Å². The molecule has 0 saturated heterocycles. The third kappa shape index (κ3) is 12.6. The Kier molecular flexibility index (Phi) is 19.5. The molecule has 342 valence electrons. The molecular formula is C49H63ClN2O10S. The molecule has 14 heteroatoms. The Hall–Kier alpha value is -4.08. The Labute approximate surface area is 381 Å². The Balaban J connectivity index is 1.51. The molecular weight excluding hydrogens is 844 g/mol. The predicted octanol–water partition coefficient (Wildman–Crippen LogP) is 8.38. The zero-order chi connectivity index (χ0) is 44.3. The highest BCUT2D eigenvalue weighted by Gasteiger charge is 2.65. The molecule has 1 aliphatic heterocycles. The lowest BCUT2D eigenvalue weighted by Crippen LogP contribution is -2.70. The van der Waals surface area contributed by atoms with E-state index in [-0.39, 0.29) is 89.5 Å². The van der Waals surface area contributed by atoms with Crippen molar-refractivity contribution in [1.82, 2.24) is 4.90 Å². The van der Waals surface area contributed by atoms with Crippen LogP contribution in [0.25, 0.3) is 0 Å². The number of aliphatic hydroxyl groups is 3. The van der Waals surface area contributed by atoms with Gasteiger partial charge in [-0.2, -0.15) is 0 Å². The molecule has 2 aliphatic carbocycles. The second kappa shape index (κ2) is 25.4. The molecule has 6 atom stereocenters. The number of oxime groups is 1. The monoisotopic (exact) mass is 906 g/mol. The van der Waals surface area contributed by atoms with Crippen LogP contribution in [-0.4, -0.2) is 115 Å². The Morgan fingerprint density at radius 2 is 1.70 bits per heavy atom. The van der Waals surface area contributed by atoms with E-state index < -0.39 is 23.8 Å². The Morgan fingerprint density at radius 1 is 0.937 bits per heavy atom. The highest BCUT2D eigenvalue weighted by Crippen LogP contribution is 2.62. The molecule has 0 bridgehead atoms. The SMILES string of the molecule is C=CCOC12Oc3ccc(OCCSc4ccccc4)cc3C3C(CCCCO)C(CCCCO)C=C(C(=NOCc4ccccc4)CC1N(CCOCCO)C(=O)OCCCl)C32. The van der Waals surface area contributed by atoms with E-state index in [0.717, 1.165) is 48.1 Å². The first kappa shape index (κ1) is 48.4. The van der Waals surface area contributed by atoms with E-state index in [4.69, 9.17) is 45.3 Å². The van der Waals surface area contributed by atoms with Gasteiger partial charge in [0.05, 0.1) is 50.5 Å². The van der Waals surface area contributed by atoms with Gasteiger partial charge in [0, 0.05) is 48.3 Å². The van der Waals surface area contributed by atoms with Gasteiger partial charge in [0.2, 0.25) is 5.79 Å². The van der Waals surface area contributed by atoms with Gasteiger partial charge in [0.1, 0.15) is 30.8 Å². The summed E-state index contributed by atoms with van der Waals surface area (Å²) in [4.78, 5) is 23.3. The van der Waals surface area contributed by atoms with E-state index in [2.05, 4.69) is 30.9 Å². The first-order valence-corrected chi connectivity index (χ1v) is 23.7. The minimum absolute atomic E-state index is 0.0151. The normalized spacial score (nSPS) is 22.9. The van der Waals surface area contributed by atoms with Crippen LogP contribution in [0.2, 0.25) is 0 Å². The van der Waals surface area contributed by atoms with Crippen molar-refractivity contribution in [2.45, 2.75) is 74.2 Å². The number of thioether (sulfide) groups is 1. The first-order chi connectivity index (χ1) is 31.0. The molecule has 3 aromatic carbocycles. The average Bonchev–Trinajstić information content (AvgIpc) is 3.31. The third-order valence-electron chi connectivity index (χ3n) is 11.9. The predicted molar refractivity (Wildman–Crippen MR) is 246 cm³/mol. The van der Waals surface area contributed by atoms with Gasteiger partial charge < -0.3 is 43.8 Å². The van der Waals surface area contributed by atoms with Crippen LogP contribution in [0.1, 0.15) is 62.0 Å². The molecule has 12 nitrogen and oxygen atoms in total. The molecule has 6 unspecified atom stereocenters. The fourth-order valence-corrected chi connectivity index (χ4v) is 10.1. The highest BCUT2D eigenvalue weighted by molar-refractivity contribution is 7.99. The standard InChI is InChI=1S/C49H63ClN2O10S/c1-2-26-60-49-45(52(22-28-57-29-25-55)48(56)59-27-21-50)34-43(51-61-35-36-13-5-3-6-14-36)41-32-37(15-9-11-23-53)40(18-10-12-24-54)46(47(41)49)42-33-38(19-20-44(42)62-49)58-30-31-63-39-16-7-4-8-17-39/h2-8,13-14,16-17,19-20,32-33,37,40,45-47,53-55H,1,9-12,15,18,21-31,34-35H2. The first-order valence-electron chi connectivity index (χ1n) is 22.2. The van der Waals surface area contributed by atoms with Gasteiger partial charge in [0.25, 0.3) is 0 Å². The van der Waals surface area contributed by atoms with Gasteiger partial charge in [0.15, 0.2) is 0 Å². The number of ether oxygens (including phenoxy) is 5. The fourth-order valence-electron chi connectivity index (χ4n) is 9.25. The number of benzene rings is 3. The second-order valence-electron chi connectivity index (χ2n) is 15.9. The van der Waals surface area contributed by atoms with Gasteiger partial charge in [-0.3, -0.25) is 4.90 Å². The maximum Gasteiger partial charge on any atom is 0.410 e. The van der Waals surface area contributed by atoms with E-state index in [1.165, 1.54) is 4.90 Å². The number of carbonyl (C=O) groups excluding carboxylic acids is 1. The van der Waals surface area contributed by atoms with Crippen molar-refractivity contribution < 1.29 is 48.6 Å². The number of fused-ring (bicyclic) bond motifs is 2. The molecule has 0 aromatic heterocycles. The number of amides is 1. The molecule has 1 fully saturated rings. The molecule has 3 aromatic rings. The summed E-state index contributed by atoms with van der Waals surface area (Å²) < 4.78 is 32.3. The number of rotatable bonds is 27. The van der Waals surface area contributed by atoms with Gasteiger partial charge in [-0.1, -0.05) is 78.7 Å². The van der Waals surface area contributed by atoms with Crippen LogP contribution in [0.4, 0.5) is 4.79 Å². The highest BCUT2D eigenvalue weighted by atomic mass is 35.5. The summed E-state index contributed by atoms with van der Waals surface area (Å²) in [7, 11) is 0. The Morgan fingerprint density at radius 3 is 2.43 bits per heavy atom. The van der Waals surface area contributed by atoms with E-state index in [9.17, 15) is 20.1 Å². The van der Waals surface area contributed by atoms with E-state index in [1.54, 1.807) is 22.7 Å².